The summed E-state index contributed by atoms with van der Waals surface area (Å²) in [7, 11) is 0. The molecule has 5 heterocycles. The third-order valence-corrected chi connectivity index (χ3v) is 5.47. The smallest absolute Gasteiger partial charge is 0.257 e. The summed E-state index contributed by atoms with van der Waals surface area (Å²) in [6.45, 7) is 6.73. The fraction of sp³-hybridized carbons (Fsp3) is 0.524. The van der Waals surface area contributed by atoms with Crippen LogP contribution in [-0.4, -0.2) is 49.6 Å². The maximum absolute atomic E-state index is 6.10. The van der Waals surface area contributed by atoms with E-state index in [4.69, 9.17) is 38.4 Å². The van der Waals surface area contributed by atoms with E-state index in [0.717, 1.165) is 0 Å². The lowest BCUT2D eigenvalue weighted by Gasteiger charge is -2.30. The predicted molar refractivity (Wildman–Crippen MR) is 99.7 cm³/mol. The van der Waals surface area contributed by atoms with Crippen LogP contribution in [0.4, 0.5) is 0 Å². The lowest BCUT2D eigenvalue weighted by Crippen LogP contribution is -2.34. The molecule has 3 aliphatic heterocycles. The van der Waals surface area contributed by atoms with Gasteiger partial charge in [-0.15, -0.1) is 0 Å². The van der Waals surface area contributed by atoms with E-state index in [0.29, 0.717) is 62.4 Å². The summed E-state index contributed by atoms with van der Waals surface area (Å²) in [4.78, 5) is 9.60. The first-order chi connectivity index (χ1) is 14.0. The summed E-state index contributed by atoms with van der Waals surface area (Å²) >= 11 is 0. The van der Waals surface area contributed by atoms with E-state index in [-0.39, 0.29) is 0 Å². The minimum absolute atomic E-state index is 0.437. The minimum Gasteiger partial charge on any atom is -0.342 e. The van der Waals surface area contributed by atoms with E-state index < -0.39 is 17.4 Å². The highest BCUT2D eigenvalue weighted by Gasteiger charge is 2.46. The summed E-state index contributed by atoms with van der Waals surface area (Å²) in [6, 6.07) is 11.3. The Bertz CT molecular complexity index is 819. The molecule has 0 atom stereocenters. The topological polar surface area (TPSA) is 81.2 Å². The molecule has 3 saturated heterocycles. The van der Waals surface area contributed by atoms with E-state index in [1.807, 2.05) is 50.2 Å². The number of aromatic nitrogens is 2. The van der Waals surface area contributed by atoms with Crippen LogP contribution in [0.1, 0.15) is 36.6 Å². The molecule has 3 aliphatic rings. The third-order valence-electron chi connectivity index (χ3n) is 5.47. The summed E-state index contributed by atoms with van der Waals surface area (Å²) in [5, 5.41) is 0. The van der Waals surface area contributed by atoms with Crippen molar-refractivity contribution < 1.29 is 28.4 Å². The quantitative estimate of drug-likeness (QED) is 0.772. The van der Waals surface area contributed by atoms with Gasteiger partial charge in [0.1, 0.15) is 11.4 Å². The Balaban J connectivity index is 1.57. The third kappa shape index (κ3) is 3.16. The van der Waals surface area contributed by atoms with Gasteiger partial charge in [0.25, 0.3) is 5.79 Å². The van der Waals surface area contributed by atoms with Gasteiger partial charge in [-0.25, -0.2) is 9.97 Å². The van der Waals surface area contributed by atoms with Crippen molar-refractivity contribution in [1.82, 2.24) is 9.97 Å². The highest BCUT2D eigenvalue weighted by Crippen LogP contribution is 2.39. The fourth-order valence-electron chi connectivity index (χ4n) is 3.91. The van der Waals surface area contributed by atoms with Crippen molar-refractivity contribution in [2.45, 2.75) is 31.2 Å². The fourth-order valence-corrected chi connectivity index (χ4v) is 3.91. The molecule has 5 rings (SSSR count). The Kier molecular flexibility index (Phi) is 4.65. The number of hydrogen-bond acceptors (Lipinski definition) is 8. The molecule has 0 spiro atoms. The Labute approximate surface area is 169 Å². The normalized spacial score (nSPS) is 24.8. The zero-order valence-electron chi connectivity index (χ0n) is 16.6. The van der Waals surface area contributed by atoms with Crippen molar-refractivity contribution in [3.8, 4) is 0 Å². The van der Waals surface area contributed by atoms with Gasteiger partial charge in [-0.05, 0) is 38.1 Å². The highest BCUT2D eigenvalue weighted by molar-refractivity contribution is 5.29. The first-order valence-electron chi connectivity index (χ1n) is 9.84. The molecule has 154 valence electrons. The molecule has 0 bridgehead atoms. The van der Waals surface area contributed by atoms with Crippen LogP contribution in [0.2, 0.25) is 0 Å². The molecule has 0 amide bonds. The monoisotopic (exact) mass is 400 g/mol. The lowest BCUT2D eigenvalue weighted by atomic mass is 10.0. The molecule has 3 fully saturated rings. The van der Waals surface area contributed by atoms with Crippen LogP contribution in [0.5, 0.6) is 0 Å². The van der Waals surface area contributed by atoms with Crippen LogP contribution in [0.15, 0.2) is 36.4 Å². The molecule has 0 aromatic carbocycles. The van der Waals surface area contributed by atoms with Crippen LogP contribution >= 0.6 is 0 Å². The molecule has 2 aromatic heterocycles. The molecular formula is C21H24N2O6. The Morgan fingerprint density at radius 1 is 0.552 bits per heavy atom. The molecule has 2 aromatic rings. The van der Waals surface area contributed by atoms with Gasteiger partial charge in [-0.3, -0.25) is 0 Å². The maximum Gasteiger partial charge on any atom is 0.257 e. The Morgan fingerprint density at radius 3 is 1.31 bits per heavy atom. The van der Waals surface area contributed by atoms with Gasteiger partial charge in [0.05, 0.1) is 51.0 Å². The summed E-state index contributed by atoms with van der Waals surface area (Å²) in [5.74, 6) is -2.98. The zero-order valence-corrected chi connectivity index (χ0v) is 16.6. The summed E-state index contributed by atoms with van der Waals surface area (Å²) in [5.41, 5.74) is 2.51. The molecule has 0 radical (unpaired) electrons. The van der Waals surface area contributed by atoms with E-state index in [2.05, 4.69) is 0 Å². The number of ether oxygens (including phenoxy) is 6. The van der Waals surface area contributed by atoms with Crippen LogP contribution in [-0.2, 0) is 45.8 Å². The minimum atomic E-state index is -1.21. The van der Waals surface area contributed by atoms with Gasteiger partial charge in [-0.1, -0.05) is 12.1 Å². The molecule has 0 aliphatic carbocycles. The summed E-state index contributed by atoms with van der Waals surface area (Å²) < 4.78 is 35.3. The number of nitrogens with zero attached hydrogens (tertiary/aromatic N) is 2. The summed E-state index contributed by atoms with van der Waals surface area (Å²) in [6.07, 6.45) is 0. The van der Waals surface area contributed by atoms with Crippen LogP contribution in [0.3, 0.4) is 0 Å². The standard InChI is InChI=1S/C21H24N2O6/c1-19(24-9-10-25-19)15-5-3-7-17(22-15)21(28-13-14-29-21)18-8-4-6-16(23-18)20(2)26-11-12-27-20/h3-8H,9-14H2,1-2H3. The zero-order chi connectivity index (χ0) is 20.0. The van der Waals surface area contributed by atoms with Gasteiger partial charge < -0.3 is 28.4 Å². The van der Waals surface area contributed by atoms with Crippen molar-refractivity contribution >= 4 is 0 Å². The second-order valence-electron chi connectivity index (χ2n) is 7.41. The van der Waals surface area contributed by atoms with E-state index in [1.54, 1.807) is 0 Å². The van der Waals surface area contributed by atoms with Gasteiger partial charge in [0, 0.05) is 0 Å². The van der Waals surface area contributed by atoms with Crippen molar-refractivity contribution in [2.75, 3.05) is 39.6 Å². The van der Waals surface area contributed by atoms with Crippen molar-refractivity contribution in [3.05, 3.63) is 59.2 Å². The molecule has 0 saturated carbocycles. The van der Waals surface area contributed by atoms with E-state index >= 15 is 0 Å². The van der Waals surface area contributed by atoms with E-state index in [9.17, 15) is 0 Å². The van der Waals surface area contributed by atoms with Crippen molar-refractivity contribution in [1.29, 1.82) is 0 Å². The number of rotatable bonds is 4. The van der Waals surface area contributed by atoms with Crippen molar-refractivity contribution in [3.63, 3.8) is 0 Å². The van der Waals surface area contributed by atoms with Crippen LogP contribution in [0.25, 0.3) is 0 Å². The highest BCUT2D eigenvalue weighted by atomic mass is 16.7. The van der Waals surface area contributed by atoms with E-state index in [1.165, 1.54) is 0 Å². The predicted octanol–water partition coefficient (Wildman–Crippen LogP) is 2.16. The number of pyridine rings is 2. The molecule has 0 N–H and O–H groups in total. The Hall–Kier alpha value is -1.94. The maximum atomic E-state index is 6.10. The van der Waals surface area contributed by atoms with Gasteiger partial charge >= 0.3 is 0 Å². The average molecular weight is 400 g/mol. The first-order valence-corrected chi connectivity index (χ1v) is 9.84. The van der Waals surface area contributed by atoms with Gasteiger partial charge in [0.15, 0.2) is 0 Å². The second-order valence-corrected chi connectivity index (χ2v) is 7.41. The molecule has 8 heteroatoms. The largest absolute Gasteiger partial charge is 0.342 e. The first kappa shape index (κ1) is 19.0. The molecule has 0 unspecified atom stereocenters. The van der Waals surface area contributed by atoms with Crippen molar-refractivity contribution in [2.24, 2.45) is 0 Å². The second kappa shape index (κ2) is 7.09. The lowest BCUT2D eigenvalue weighted by molar-refractivity contribution is -0.158. The number of hydrogen-bond donors (Lipinski definition) is 0. The van der Waals surface area contributed by atoms with Gasteiger partial charge in [-0.2, -0.15) is 0 Å². The molecule has 29 heavy (non-hydrogen) atoms. The molecular weight excluding hydrogens is 376 g/mol. The average Bonchev–Trinajstić information content (AvgIpc) is 3.51. The van der Waals surface area contributed by atoms with Gasteiger partial charge in [0.2, 0.25) is 11.6 Å². The van der Waals surface area contributed by atoms with Crippen LogP contribution < -0.4 is 0 Å². The van der Waals surface area contributed by atoms with Crippen LogP contribution in [0, 0.1) is 0 Å². The Morgan fingerprint density at radius 2 is 0.897 bits per heavy atom. The SMILES string of the molecule is CC1(c2cccc(C3(c4cccc(C5(C)OCCO5)n4)OCCO3)n2)OCCO1. The molecule has 8 nitrogen and oxygen atoms in total.